The van der Waals surface area contributed by atoms with Gasteiger partial charge in [-0.2, -0.15) is 0 Å². The number of carboxylic acid groups (broad SMARTS) is 1. The van der Waals surface area contributed by atoms with Crippen molar-refractivity contribution >= 4 is 27.4 Å². The largest absolute Gasteiger partial charge is 0.478 e. The molecule has 30 heavy (non-hydrogen) atoms. The van der Waals surface area contributed by atoms with Crippen molar-refractivity contribution in [1.29, 1.82) is 0 Å². The lowest BCUT2D eigenvalue weighted by Gasteiger charge is -2.28. The van der Waals surface area contributed by atoms with E-state index in [0.29, 0.717) is 22.6 Å². The molecule has 0 radical (unpaired) electrons. The molecule has 1 unspecified atom stereocenters. The standard InChI is InChI=1S/C23H25ClO5S/c1-5-14-30(27,28)17-9-6-8-16(15-17)12-13-18-19(24)10-7-11-20(18)29-21(22(25)26)23(2,3)4/h6-11,15,21H,5,14H2,1-4H3,(H,25,26). The van der Waals surface area contributed by atoms with E-state index in [1.807, 2.05) is 6.92 Å². The lowest BCUT2D eigenvalue weighted by atomic mass is 9.89. The summed E-state index contributed by atoms with van der Waals surface area (Å²) in [6.07, 6.45) is -0.573. The molecule has 0 amide bonds. The minimum atomic E-state index is -3.36. The van der Waals surface area contributed by atoms with E-state index in [9.17, 15) is 18.3 Å². The van der Waals surface area contributed by atoms with Gasteiger partial charge in [-0.05, 0) is 36.8 Å². The lowest BCUT2D eigenvalue weighted by Crippen LogP contribution is -2.39. The van der Waals surface area contributed by atoms with E-state index >= 15 is 0 Å². The summed E-state index contributed by atoms with van der Waals surface area (Å²) in [5, 5.41) is 9.85. The predicted octanol–water partition coefficient (Wildman–Crippen LogP) is 4.80. The van der Waals surface area contributed by atoms with Gasteiger partial charge in [0, 0.05) is 11.0 Å². The molecule has 160 valence electrons. The fourth-order valence-electron chi connectivity index (χ4n) is 2.74. The van der Waals surface area contributed by atoms with Crippen LogP contribution in [0.4, 0.5) is 0 Å². The number of rotatable bonds is 6. The van der Waals surface area contributed by atoms with Crippen LogP contribution in [0.2, 0.25) is 5.02 Å². The van der Waals surface area contributed by atoms with Crippen LogP contribution in [0.5, 0.6) is 5.75 Å². The molecular formula is C23H25ClO5S. The van der Waals surface area contributed by atoms with Crippen molar-refractivity contribution in [3.8, 4) is 17.6 Å². The van der Waals surface area contributed by atoms with Gasteiger partial charge in [0.2, 0.25) is 0 Å². The molecule has 0 aliphatic carbocycles. The molecule has 0 fully saturated rings. The van der Waals surface area contributed by atoms with Crippen LogP contribution in [0, 0.1) is 17.3 Å². The first-order valence-corrected chi connectivity index (χ1v) is 11.5. The zero-order valence-corrected chi connectivity index (χ0v) is 19.0. The zero-order valence-electron chi connectivity index (χ0n) is 17.4. The molecule has 2 aromatic rings. The quantitative estimate of drug-likeness (QED) is 0.642. The van der Waals surface area contributed by atoms with E-state index < -0.39 is 27.3 Å². The van der Waals surface area contributed by atoms with Crippen LogP contribution >= 0.6 is 11.6 Å². The minimum absolute atomic E-state index is 0.0652. The molecule has 0 aliphatic rings. The number of ether oxygens (including phenoxy) is 1. The average molecular weight is 449 g/mol. The molecule has 0 saturated heterocycles. The molecule has 2 rings (SSSR count). The third-order valence-corrected chi connectivity index (χ3v) is 6.46. The van der Waals surface area contributed by atoms with Crippen molar-refractivity contribution in [3.05, 3.63) is 58.6 Å². The van der Waals surface area contributed by atoms with Crippen LogP contribution in [-0.2, 0) is 14.6 Å². The first kappa shape index (κ1) is 23.8. The third-order valence-electron chi connectivity index (χ3n) is 4.23. The number of sulfone groups is 1. The highest BCUT2D eigenvalue weighted by atomic mass is 35.5. The van der Waals surface area contributed by atoms with Crippen LogP contribution < -0.4 is 4.74 Å². The summed E-state index contributed by atoms with van der Waals surface area (Å²) in [5.74, 6) is 5.06. The third kappa shape index (κ3) is 6.01. The molecule has 0 aliphatic heterocycles. The first-order chi connectivity index (χ1) is 14.0. The summed E-state index contributed by atoms with van der Waals surface area (Å²) in [5.41, 5.74) is 0.195. The fraction of sp³-hybridized carbons (Fsp3) is 0.348. The highest BCUT2D eigenvalue weighted by Gasteiger charge is 2.34. The number of carbonyl (C=O) groups is 1. The second kappa shape index (κ2) is 9.55. The van der Waals surface area contributed by atoms with Crippen LogP contribution in [0.1, 0.15) is 45.2 Å². The molecule has 0 bridgehead atoms. The molecule has 0 aromatic heterocycles. The van der Waals surface area contributed by atoms with Crippen LogP contribution in [0.15, 0.2) is 47.4 Å². The van der Waals surface area contributed by atoms with E-state index in [4.69, 9.17) is 16.3 Å². The molecule has 0 spiro atoms. The molecule has 1 atom stereocenters. The topological polar surface area (TPSA) is 80.7 Å². The maximum Gasteiger partial charge on any atom is 0.345 e. The van der Waals surface area contributed by atoms with E-state index in [0.717, 1.165) is 0 Å². The van der Waals surface area contributed by atoms with Gasteiger partial charge in [0.25, 0.3) is 0 Å². The average Bonchev–Trinajstić information content (AvgIpc) is 2.64. The second-order valence-electron chi connectivity index (χ2n) is 7.91. The Labute approximate surface area is 183 Å². The van der Waals surface area contributed by atoms with Gasteiger partial charge in [-0.25, -0.2) is 13.2 Å². The SMILES string of the molecule is CCCS(=O)(=O)c1cccc(C#Cc2c(Cl)cccc2OC(C(=O)O)C(C)(C)C)c1. The Hall–Kier alpha value is -2.49. The van der Waals surface area contributed by atoms with Crippen LogP contribution in [0.25, 0.3) is 0 Å². The molecular weight excluding hydrogens is 424 g/mol. The number of benzene rings is 2. The second-order valence-corrected chi connectivity index (χ2v) is 10.4. The Morgan fingerprint density at radius 1 is 1.17 bits per heavy atom. The maximum absolute atomic E-state index is 12.3. The van der Waals surface area contributed by atoms with Crippen molar-refractivity contribution in [2.75, 3.05) is 5.75 Å². The van der Waals surface area contributed by atoms with Gasteiger partial charge < -0.3 is 9.84 Å². The molecule has 7 heteroatoms. The van der Waals surface area contributed by atoms with Gasteiger partial charge in [0.15, 0.2) is 15.9 Å². The first-order valence-electron chi connectivity index (χ1n) is 9.48. The summed E-state index contributed by atoms with van der Waals surface area (Å²) in [4.78, 5) is 11.9. The number of aliphatic carboxylic acids is 1. The van der Waals surface area contributed by atoms with Crippen molar-refractivity contribution < 1.29 is 23.1 Å². The Kier molecular flexibility index (Phi) is 7.57. The molecule has 0 heterocycles. The van der Waals surface area contributed by atoms with Crippen molar-refractivity contribution in [1.82, 2.24) is 0 Å². The summed E-state index contributed by atoms with van der Waals surface area (Å²) in [6.45, 7) is 7.11. The fourth-order valence-corrected chi connectivity index (χ4v) is 4.32. The molecule has 5 nitrogen and oxygen atoms in total. The van der Waals surface area contributed by atoms with Crippen LogP contribution in [-0.4, -0.2) is 31.4 Å². The number of hydrogen-bond donors (Lipinski definition) is 1. The zero-order chi connectivity index (χ0) is 22.5. The van der Waals surface area contributed by atoms with E-state index in [2.05, 4.69) is 11.8 Å². The predicted molar refractivity (Wildman–Crippen MR) is 118 cm³/mol. The van der Waals surface area contributed by atoms with Gasteiger partial charge >= 0.3 is 5.97 Å². The summed E-state index contributed by atoms with van der Waals surface area (Å²) in [6, 6.07) is 11.3. The number of carboxylic acids is 1. The Bertz CT molecular complexity index is 1090. The Morgan fingerprint density at radius 2 is 1.83 bits per heavy atom. The van der Waals surface area contributed by atoms with Gasteiger partial charge in [0.1, 0.15) is 5.75 Å². The van der Waals surface area contributed by atoms with E-state index in [1.165, 1.54) is 6.07 Å². The molecule has 2 aromatic carbocycles. The van der Waals surface area contributed by atoms with Crippen molar-refractivity contribution in [2.24, 2.45) is 5.41 Å². The van der Waals surface area contributed by atoms with Gasteiger partial charge in [-0.3, -0.25) is 0 Å². The highest BCUT2D eigenvalue weighted by Crippen LogP contribution is 2.30. The normalized spacial score (nSPS) is 12.6. The molecule has 1 N–H and O–H groups in total. The Balaban J connectivity index is 2.45. The number of halogens is 1. The lowest BCUT2D eigenvalue weighted by molar-refractivity contribution is -0.150. The summed E-state index contributed by atoms with van der Waals surface area (Å²) >= 11 is 6.29. The minimum Gasteiger partial charge on any atom is -0.478 e. The van der Waals surface area contributed by atoms with Crippen molar-refractivity contribution in [3.63, 3.8) is 0 Å². The Morgan fingerprint density at radius 3 is 2.43 bits per heavy atom. The molecule has 0 saturated carbocycles. The number of hydrogen-bond acceptors (Lipinski definition) is 4. The summed E-state index contributed by atoms with van der Waals surface area (Å²) in [7, 11) is -3.36. The van der Waals surface area contributed by atoms with Gasteiger partial charge in [-0.1, -0.05) is 63.3 Å². The highest BCUT2D eigenvalue weighted by molar-refractivity contribution is 7.91. The summed E-state index contributed by atoms with van der Waals surface area (Å²) < 4.78 is 30.4. The smallest absolute Gasteiger partial charge is 0.345 e. The van der Waals surface area contributed by atoms with E-state index in [1.54, 1.807) is 57.2 Å². The van der Waals surface area contributed by atoms with Crippen molar-refractivity contribution in [2.45, 2.75) is 45.1 Å². The van der Waals surface area contributed by atoms with Gasteiger partial charge in [0.05, 0.1) is 21.2 Å². The van der Waals surface area contributed by atoms with Gasteiger partial charge in [-0.15, -0.1) is 0 Å². The van der Waals surface area contributed by atoms with Crippen LogP contribution in [0.3, 0.4) is 0 Å². The maximum atomic E-state index is 12.3. The van der Waals surface area contributed by atoms with E-state index in [-0.39, 0.29) is 16.4 Å². The monoisotopic (exact) mass is 448 g/mol.